The third kappa shape index (κ3) is 2.56. The zero-order valence-electron chi connectivity index (χ0n) is 9.27. The number of aromatic nitrogens is 2. The standard InChI is InChI=1S/C13H12ClN2O/c1-2-11-8-15-16(13(17)12(11)14)9-10-6-4-3-5-7-10/h3-8H,1-2,9H2. The average Bonchev–Trinajstić information content (AvgIpc) is 2.37. The van der Waals surface area contributed by atoms with Gasteiger partial charge in [-0.1, -0.05) is 41.9 Å². The van der Waals surface area contributed by atoms with E-state index in [4.69, 9.17) is 11.6 Å². The third-order valence-electron chi connectivity index (χ3n) is 2.50. The van der Waals surface area contributed by atoms with Gasteiger partial charge in [-0.25, -0.2) is 4.68 Å². The molecule has 0 unspecified atom stereocenters. The summed E-state index contributed by atoms with van der Waals surface area (Å²) in [5.74, 6) is 0. The van der Waals surface area contributed by atoms with E-state index in [0.29, 0.717) is 18.5 Å². The molecule has 0 aliphatic carbocycles. The summed E-state index contributed by atoms with van der Waals surface area (Å²) >= 11 is 5.95. The minimum absolute atomic E-state index is 0.214. The van der Waals surface area contributed by atoms with Crippen LogP contribution in [0.25, 0.3) is 0 Å². The van der Waals surface area contributed by atoms with Crippen molar-refractivity contribution in [1.82, 2.24) is 9.78 Å². The molecular weight excluding hydrogens is 236 g/mol. The minimum Gasteiger partial charge on any atom is -0.266 e. The zero-order valence-corrected chi connectivity index (χ0v) is 10.0. The van der Waals surface area contributed by atoms with Crippen LogP contribution in [0.3, 0.4) is 0 Å². The first kappa shape index (κ1) is 11.9. The number of nitrogens with zero attached hydrogens (tertiary/aromatic N) is 2. The molecule has 0 amide bonds. The Morgan fingerprint density at radius 3 is 2.65 bits per heavy atom. The van der Waals surface area contributed by atoms with Crippen molar-refractivity contribution in [3.8, 4) is 0 Å². The van der Waals surface area contributed by atoms with E-state index in [2.05, 4.69) is 12.0 Å². The Morgan fingerprint density at radius 1 is 1.29 bits per heavy atom. The van der Waals surface area contributed by atoms with Crippen LogP contribution in [-0.4, -0.2) is 9.78 Å². The average molecular weight is 248 g/mol. The molecule has 4 heteroatoms. The van der Waals surface area contributed by atoms with Gasteiger partial charge in [-0.15, -0.1) is 0 Å². The van der Waals surface area contributed by atoms with Crippen LogP contribution in [0.2, 0.25) is 5.02 Å². The summed E-state index contributed by atoms with van der Waals surface area (Å²) in [6, 6.07) is 9.66. The lowest BCUT2D eigenvalue weighted by Crippen LogP contribution is -2.24. The van der Waals surface area contributed by atoms with Gasteiger partial charge in [0.25, 0.3) is 5.56 Å². The molecule has 17 heavy (non-hydrogen) atoms. The minimum atomic E-state index is -0.267. The maximum atomic E-state index is 11.9. The highest BCUT2D eigenvalue weighted by molar-refractivity contribution is 6.31. The molecule has 0 N–H and O–H groups in total. The van der Waals surface area contributed by atoms with Gasteiger partial charge in [0, 0.05) is 0 Å². The Labute approximate surface area is 105 Å². The lowest BCUT2D eigenvalue weighted by molar-refractivity contribution is 0.635. The number of hydrogen-bond acceptors (Lipinski definition) is 2. The Morgan fingerprint density at radius 2 is 2.00 bits per heavy atom. The van der Waals surface area contributed by atoms with Crippen LogP contribution in [0.4, 0.5) is 0 Å². The largest absolute Gasteiger partial charge is 0.286 e. The normalized spacial score (nSPS) is 10.5. The van der Waals surface area contributed by atoms with E-state index in [1.807, 2.05) is 30.3 Å². The molecule has 0 aliphatic rings. The maximum absolute atomic E-state index is 11.9. The van der Waals surface area contributed by atoms with Gasteiger partial charge < -0.3 is 0 Å². The van der Waals surface area contributed by atoms with Crippen molar-refractivity contribution in [3.63, 3.8) is 0 Å². The Bertz CT molecular complexity index is 563. The van der Waals surface area contributed by atoms with Crippen molar-refractivity contribution in [3.05, 3.63) is 70.0 Å². The maximum Gasteiger partial charge on any atom is 0.286 e. The second-order valence-corrected chi connectivity index (χ2v) is 4.06. The van der Waals surface area contributed by atoms with Crippen molar-refractivity contribution in [2.75, 3.05) is 0 Å². The number of halogens is 1. The fraction of sp³-hybridized carbons (Fsp3) is 0.154. The zero-order chi connectivity index (χ0) is 12.3. The molecule has 0 fully saturated rings. The Kier molecular flexibility index (Phi) is 3.59. The van der Waals surface area contributed by atoms with Crippen molar-refractivity contribution >= 4 is 11.6 Å². The highest BCUT2D eigenvalue weighted by Gasteiger charge is 2.07. The van der Waals surface area contributed by atoms with Crippen molar-refractivity contribution in [2.45, 2.75) is 13.0 Å². The van der Waals surface area contributed by atoms with Gasteiger partial charge in [0.05, 0.1) is 12.7 Å². The summed E-state index contributed by atoms with van der Waals surface area (Å²) in [7, 11) is 0. The first-order valence-corrected chi connectivity index (χ1v) is 5.68. The Balaban J connectivity index is 2.35. The Hall–Kier alpha value is -1.61. The summed E-state index contributed by atoms with van der Waals surface area (Å²) in [6.45, 7) is 4.13. The van der Waals surface area contributed by atoms with Crippen LogP contribution in [0, 0.1) is 6.92 Å². The van der Waals surface area contributed by atoms with Gasteiger partial charge in [-0.3, -0.25) is 4.79 Å². The van der Waals surface area contributed by atoms with Gasteiger partial charge in [-0.2, -0.15) is 5.10 Å². The number of rotatable bonds is 3. The molecule has 3 nitrogen and oxygen atoms in total. The van der Waals surface area contributed by atoms with Crippen molar-refractivity contribution in [1.29, 1.82) is 0 Å². The molecule has 1 aromatic carbocycles. The molecule has 1 aromatic heterocycles. The van der Waals surface area contributed by atoms with Crippen LogP contribution in [0.15, 0.2) is 41.3 Å². The summed E-state index contributed by atoms with van der Waals surface area (Å²) in [6.07, 6.45) is 2.06. The van der Waals surface area contributed by atoms with E-state index in [9.17, 15) is 4.79 Å². The molecular formula is C13H12ClN2O. The third-order valence-corrected chi connectivity index (χ3v) is 2.91. The molecule has 2 aromatic rings. The lowest BCUT2D eigenvalue weighted by atomic mass is 10.2. The summed E-state index contributed by atoms with van der Waals surface area (Å²) in [5, 5.41) is 4.30. The van der Waals surface area contributed by atoms with E-state index in [1.165, 1.54) is 4.68 Å². The van der Waals surface area contributed by atoms with E-state index in [0.717, 1.165) is 5.56 Å². The number of hydrogen-bond donors (Lipinski definition) is 0. The van der Waals surface area contributed by atoms with Gasteiger partial charge in [0.2, 0.25) is 0 Å². The van der Waals surface area contributed by atoms with Gasteiger partial charge in [-0.05, 0) is 24.5 Å². The molecule has 0 aliphatic heterocycles. The van der Waals surface area contributed by atoms with Gasteiger partial charge in [0.15, 0.2) is 0 Å². The van der Waals surface area contributed by atoms with Crippen LogP contribution >= 0.6 is 11.6 Å². The van der Waals surface area contributed by atoms with E-state index < -0.39 is 0 Å². The molecule has 0 bridgehead atoms. The first-order chi connectivity index (χ1) is 8.22. The van der Waals surface area contributed by atoms with Gasteiger partial charge in [0.1, 0.15) is 5.02 Å². The van der Waals surface area contributed by atoms with Crippen LogP contribution < -0.4 is 5.56 Å². The SMILES string of the molecule is [CH2]Cc1cnn(Cc2ccccc2)c(=O)c1Cl. The molecule has 0 atom stereocenters. The highest BCUT2D eigenvalue weighted by atomic mass is 35.5. The molecule has 87 valence electrons. The molecule has 1 heterocycles. The number of benzene rings is 1. The smallest absolute Gasteiger partial charge is 0.266 e. The van der Waals surface area contributed by atoms with Crippen LogP contribution in [-0.2, 0) is 13.0 Å². The van der Waals surface area contributed by atoms with Gasteiger partial charge >= 0.3 is 0 Å². The molecule has 0 saturated carbocycles. The van der Waals surface area contributed by atoms with E-state index >= 15 is 0 Å². The summed E-state index contributed by atoms with van der Waals surface area (Å²) in [4.78, 5) is 11.9. The summed E-state index contributed by atoms with van der Waals surface area (Å²) < 4.78 is 1.36. The van der Waals surface area contributed by atoms with Crippen LogP contribution in [0.1, 0.15) is 11.1 Å². The predicted molar refractivity (Wildman–Crippen MR) is 68.1 cm³/mol. The predicted octanol–water partition coefficient (Wildman–Crippen LogP) is 2.32. The molecule has 0 spiro atoms. The van der Waals surface area contributed by atoms with Crippen LogP contribution in [0.5, 0.6) is 0 Å². The molecule has 1 radical (unpaired) electrons. The molecule has 2 rings (SSSR count). The van der Waals surface area contributed by atoms with Crippen molar-refractivity contribution in [2.24, 2.45) is 0 Å². The topological polar surface area (TPSA) is 34.9 Å². The van der Waals surface area contributed by atoms with Crippen molar-refractivity contribution < 1.29 is 0 Å². The lowest BCUT2D eigenvalue weighted by Gasteiger charge is -2.06. The fourth-order valence-corrected chi connectivity index (χ4v) is 1.78. The fourth-order valence-electron chi connectivity index (χ4n) is 1.54. The second-order valence-electron chi connectivity index (χ2n) is 3.68. The summed E-state index contributed by atoms with van der Waals surface area (Å²) in [5.41, 5.74) is 1.43. The quantitative estimate of drug-likeness (QED) is 0.834. The van der Waals surface area contributed by atoms with E-state index in [1.54, 1.807) is 6.20 Å². The second kappa shape index (κ2) is 5.15. The molecule has 0 saturated heterocycles. The van der Waals surface area contributed by atoms with E-state index in [-0.39, 0.29) is 10.6 Å². The monoisotopic (exact) mass is 247 g/mol. The highest BCUT2D eigenvalue weighted by Crippen LogP contribution is 2.09. The first-order valence-electron chi connectivity index (χ1n) is 5.30.